The summed E-state index contributed by atoms with van der Waals surface area (Å²) in [5.74, 6) is -0.723. The molecule has 0 unspecified atom stereocenters. The minimum atomic E-state index is -0.433. The first kappa shape index (κ1) is 22.0. The average molecular weight is 444 g/mol. The number of H-pyrrole nitrogens is 1. The second-order valence-electron chi connectivity index (χ2n) is 8.07. The van der Waals surface area contributed by atoms with Crippen LogP contribution in [-0.2, 0) is 16.6 Å². The van der Waals surface area contributed by atoms with Gasteiger partial charge in [0.2, 0.25) is 5.91 Å². The van der Waals surface area contributed by atoms with Gasteiger partial charge in [-0.15, -0.1) is 0 Å². The Bertz CT molecular complexity index is 1380. The Morgan fingerprint density at radius 3 is 2.67 bits per heavy atom. The normalized spacial score (nSPS) is 11.1. The standard InChI is InChI=1S/C25H25N5O3/c1-6-21(31)28-20-10-16(8-7-15(20)4)22-19-9-17(25(32)33-14(2)3)11-26-24(19)29-23(22)18-12-27-30(5)13-18/h6-14H,1H2,2-5H3,(H,26,29)(H,28,31). The van der Waals surface area contributed by atoms with Crippen LogP contribution in [0.4, 0.5) is 5.69 Å². The van der Waals surface area contributed by atoms with E-state index in [-0.39, 0.29) is 12.0 Å². The molecule has 4 rings (SSSR count). The molecule has 2 N–H and O–H groups in total. The Labute approximate surface area is 191 Å². The summed E-state index contributed by atoms with van der Waals surface area (Å²) in [6.07, 6.45) is 6.16. The number of anilines is 1. The van der Waals surface area contributed by atoms with Gasteiger partial charge in [-0.25, -0.2) is 9.78 Å². The fourth-order valence-corrected chi connectivity index (χ4v) is 3.63. The van der Waals surface area contributed by atoms with Gasteiger partial charge < -0.3 is 15.0 Å². The summed E-state index contributed by atoms with van der Waals surface area (Å²) in [4.78, 5) is 32.3. The number of amides is 1. The second-order valence-corrected chi connectivity index (χ2v) is 8.07. The molecule has 4 aromatic rings. The number of nitrogens with zero attached hydrogens (tertiary/aromatic N) is 3. The fourth-order valence-electron chi connectivity index (χ4n) is 3.63. The molecule has 0 aliphatic rings. The molecule has 168 valence electrons. The van der Waals surface area contributed by atoms with E-state index < -0.39 is 5.97 Å². The summed E-state index contributed by atoms with van der Waals surface area (Å²) in [6.45, 7) is 9.05. The molecule has 8 nitrogen and oxygen atoms in total. The van der Waals surface area contributed by atoms with Crippen molar-refractivity contribution in [2.75, 3.05) is 5.32 Å². The highest BCUT2D eigenvalue weighted by atomic mass is 16.5. The largest absolute Gasteiger partial charge is 0.459 e. The van der Waals surface area contributed by atoms with E-state index in [1.165, 1.54) is 12.3 Å². The molecule has 0 spiro atoms. The number of ether oxygens (including phenoxy) is 1. The lowest BCUT2D eigenvalue weighted by Crippen LogP contribution is -2.11. The third kappa shape index (κ3) is 4.41. The van der Waals surface area contributed by atoms with Crippen molar-refractivity contribution in [1.29, 1.82) is 0 Å². The van der Waals surface area contributed by atoms with Gasteiger partial charge in [-0.1, -0.05) is 18.7 Å². The number of aromatic nitrogens is 4. The van der Waals surface area contributed by atoms with Crippen LogP contribution >= 0.6 is 0 Å². The number of carbonyl (C=O) groups is 2. The monoisotopic (exact) mass is 443 g/mol. The van der Waals surface area contributed by atoms with Crippen molar-refractivity contribution in [3.63, 3.8) is 0 Å². The van der Waals surface area contributed by atoms with Crippen molar-refractivity contribution in [2.24, 2.45) is 7.05 Å². The predicted octanol–water partition coefficient (Wildman–Crippen LogP) is 4.63. The zero-order valence-electron chi connectivity index (χ0n) is 19.0. The second kappa shape index (κ2) is 8.74. The molecule has 33 heavy (non-hydrogen) atoms. The molecule has 0 atom stereocenters. The molecule has 0 saturated heterocycles. The third-order valence-corrected chi connectivity index (χ3v) is 5.19. The molecule has 0 fully saturated rings. The fraction of sp³-hybridized carbons (Fsp3) is 0.200. The van der Waals surface area contributed by atoms with E-state index in [4.69, 9.17) is 4.74 Å². The average Bonchev–Trinajstić information content (AvgIpc) is 3.37. The SMILES string of the molecule is C=CC(=O)Nc1cc(-c2c(-c3cnn(C)c3)[nH]c3ncc(C(=O)OC(C)C)cc23)ccc1C. The zero-order valence-corrected chi connectivity index (χ0v) is 19.0. The van der Waals surface area contributed by atoms with E-state index in [1.54, 1.807) is 30.8 Å². The lowest BCUT2D eigenvalue weighted by atomic mass is 9.97. The summed E-state index contributed by atoms with van der Waals surface area (Å²) in [7, 11) is 1.85. The summed E-state index contributed by atoms with van der Waals surface area (Å²) in [5, 5.41) is 7.91. The van der Waals surface area contributed by atoms with Crippen LogP contribution in [0.3, 0.4) is 0 Å². The molecule has 3 aromatic heterocycles. The number of hydrogen-bond donors (Lipinski definition) is 2. The zero-order chi connectivity index (χ0) is 23.7. The smallest absolute Gasteiger partial charge is 0.339 e. The summed E-state index contributed by atoms with van der Waals surface area (Å²) in [5.41, 5.74) is 5.95. The number of rotatable bonds is 6. The van der Waals surface area contributed by atoms with Gasteiger partial charge in [0.15, 0.2) is 0 Å². The molecular weight excluding hydrogens is 418 g/mol. The van der Waals surface area contributed by atoms with Crippen LogP contribution in [0.25, 0.3) is 33.4 Å². The highest BCUT2D eigenvalue weighted by molar-refractivity contribution is 6.06. The molecule has 0 bridgehead atoms. The van der Waals surface area contributed by atoms with Gasteiger partial charge in [0, 0.05) is 41.6 Å². The minimum absolute atomic E-state index is 0.238. The van der Waals surface area contributed by atoms with Crippen molar-refractivity contribution in [3.8, 4) is 22.4 Å². The number of hydrogen-bond acceptors (Lipinski definition) is 5. The van der Waals surface area contributed by atoms with Crippen molar-refractivity contribution in [1.82, 2.24) is 19.7 Å². The lowest BCUT2D eigenvalue weighted by Gasteiger charge is -2.11. The first-order chi connectivity index (χ1) is 15.8. The molecule has 0 aliphatic carbocycles. The van der Waals surface area contributed by atoms with Gasteiger partial charge in [-0.05, 0) is 50.1 Å². The van der Waals surface area contributed by atoms with Crippen molar-refractivity contribution >= 4 is 28.6 Å². The quantitative estimate of drug-likeness (QED) is 0.334. The molecule has 1 amide bonds. The highest BCUT2D eigenvalue weighted by Gasteiger charge is 2.20. The number of benzene rings is 1. The van der Waals surface area contributed by atoms with E-state index in [0.717, 1.165) is 33.3 Å². The van der Waals surface area contributed by atoms with Gasteiger partial charge in [-0.3, -0.25) is 9.48 Å². The van der Waals surface area contributed by atoms with Crippen molar-refractivity contribution in [2.45, 2.75) is 26.9 Å². The van der Waals surface area contributed by atoms with Crippen LogP contribution in [0.15, 0.2) is 55.5 Å². The molecule has 0 aliphatic heterocycles. The Morgan fingerprint density at radius 1 is 1.21 bits per heavy atom. The molecule has 1 aromatic carbocycles. The number of fused-ring (bicyclic) bond motifs is 1. The van der Waals surface area contributed by atoms with Crippen LogP contribution in [0.2, 0.25) is 0 Å². The van der Waals surface area contributed by atoms with Gasteiger partial charge in [0.1, 0.15) is 5.65 Å². The first-order valence-corrected chi connectivity index (χ1v) is 10.5. The van der Waals surface area contributed by atoms with E-state index in [2.05, 4.69) is 27.0 Å². The number of pyridine rings is 1. The first-order valence-electron chi connectivity index (χ1n) is 10.5. The Hall–Kier alpha value is -4.20. The van der Waals surface area contributed by atoms with Gasteiger partial charge in [0.05, 0.1) is 23.6 Å². The minimum Gasteiger partial charge on any atom is -0.459 e. The number of aromatic amines is 1. The summed E-state index contributed by atoms with van der Waals surface area (Å²) in [6, 6.07) is 7.59. The van der Waals surface area contributed by atoms with Gasteiger partial charge in [0.25, 0.3) is 0 Å². The highest BCUT2D eigenvalue weighted by Crippen LogP contribution is 2.39. The molecule has 3 heterocycles. The van der Waals surface area contributed by atoms with Crippen LogP contribution < -0.4 is 5.32 Å². The third-order valence-electron chi connectivity index (χ3n) is 5.19. The van der Waals surface area contributed by atoms with Crippen LogP contribution in [-0.4, -0.2) is 37.7 Å². The van der Waals surface area contributed by atoms with E-state index in [9.17, 15) is 9.59 Å². The van der Waals surface area contributed by atoms with Crippen molar-refractivity contribution in [3.05, 3.63) is 66.6 Å². The maximum Gasteiger partial charge on any atom is 0.339 e. The molecular formula is C25H25N5O3. The molecule has 0 radical (unpaired) electrons. The Balaban J connectivity index is 1.94. The number of nitrogens with one attached hydrogen (secondary N) is 2. The molecule has 0 saturated carbocycles. The Kier molecular flexibility index (Phi) is 5.83. The number of aryl methyl sites for hydroxylation is 2. The summed E-state index contributed by atoms with van der Waals surface area (Å²) < 4.78 is 7.07. The molecule has 8 heteroatoms. The lowest BCUT2D eigenvalue weighted by molar-refractivity contribution is -0.111. The van der Waals surface area contributed by atoms with Crippen LogP contribution in [0, 0.1) is 6.92 Å². The van der Waals surface area contributed by atoms with Crippen LogP contribution in [0.1, 0.15) is 29.8 Å². The topological polar surface area (TPSA) is 102 Å². The van der Waals surface area contributed by atoms with Crippen LogP contribution in [0.5, 0.6) is 0 Å². The van der Waals surface area contributed by atoms with E-state index >= 15 is 0 Å². The van der Waals surface area contributed by atoms with Gasteiger partial charge in [-0.2, -0.15) is 5.10 Å². The number of carbonyl (C=O) groups excluding carboxylic acids is 2. The Morgan fingerprint density at radius 2 is 2.00 bits per heavy atom. The maximum absolute atomic E-state index is 12.5. The van der Waals surface area contributed by atoms with E-state index in [0.29, 0.717) is 16.9 Å². The van der Waals surface area contributed by atoms with E-state index in [1.807, 2.05) is 38.4 Å². The summed E-state index contributed by atoms with van der Waals surface area (Å²) >= 11 is 0. The maximum atomic E-state index is 12.5. The van der Waals surface area contributed by atoms with Crippen molar-refractivity contribution < 1.29 is 14.3 Å². The number of esters is 1. The predicted molar refractivity (Wildman–Crippen MR) is 128 cm³/mol. The van der Waals surface area contributed by atoms with Gasteiger partial charge >= 0.3 is 5.97 Å².